The number of carboxylic acid groups (broad SMARTS) is 2. The average molecular weight is 864 g/mol. The molecule has 9 heteroatoms. The zero-order chi connectivity index (χ0) is 45.8. The van der Waals surface area contributed by atoms with E-state index in [9.17, 15) is 35.0 Å². The summed E-state index contributed by atoms with van der Waals surface area (Å²) in [4.78, 5) is 40.2. The number of rotatable bonds is 30. The van der Waals surface area contributed by atoms with Gasteiger partial charge in [0.25, 0.3) is 0 Å². The van der Waals surface area contributed by atoms with E-state index in [4.69, 9.17) is 0 Å². The van der Waals surface area contributed by atoms with Crippen LogP contribution in [0.3, 0.4) is 0 Å². The number of carbonyl (C=O) groups excluding carboxylic acids is 1. The largest absolute Gasteiger partial charge is 0.508 e. The molecule has 0 radical (unpaired) electrons. The molecular formula is C54H77N3O6. The Bertz CT molecular complexity index is 1960. The predicted molar refractivity (Wildman–Crippen MR) is 257 cm³/mol. The SMILES string of the molecule is CCCCCCCCCCCC1(CCCCCCCCCC)\C(=C/C=C(C#N)/C=C/C2N(CCC(=O)O)c3ccc(CC(C)=O)cc3C2(C)C)N(CCC(=O)O)c2ccc(O)cc21. The van der Waals surface area contributed by atoms with Crippen molar-refractivity contribution >= 4 is 29.1 Å². The number of aromatic hydroxyl groups is 1. The summed E-state index contributed by atoms with van der Waals surface area (Å²) in [5.41, 5.74) is 5.29. The van der Waals surface area contributed by atoms with Crippen LogP contribution in [0.15, 0.2) is 72.0 Å². The summed E-state index contributed by atoms with van der Waals surface area (Å²) >= 11 is 0. The lowest BCUT2D eigenvalue weighted by Gasteiger charge is -2.34. The van der Waals surface area contributed by atoms with E-state index < -0.39 is 22.8 Å². The Morgan fingerprint density at radius 2 is 1.27 bits per heavy atom. The lowest BCUT2D eigenvalue weighted by molar-refractivity contribution is -0.137. The normalized spacial score (nSPS) is 18.6. The first-order valence-electron chi connectivity index (χ1n) is 24.2. The number of anilines is 2. The van der Waals surface area contributed by atoms with E-state index in [1.54, 1.807) is 13.0 Å². The van der Waals surface area contributed by atoms with Gasteiger partial charge in [-0.05, 0) is 78.9 Å². The number of allylic oxidation sites excluding steroid dienone is 5. The van der Waals surface area contributed by atoms with Crippen molar-refractivity contribution in [3.05, 3.63) is 88.7 Å². The molecule has 63 heavy (non-hydrogen) atoms. The van der Waals surface area contributed by atoms with Gasteiger partial charge < -0.3 is 25.1 Å². The van der Waals surface area contributed by atoms with Gasteiger partial charge in [0.1, 0.15) is 11.5 Å². The van der Waals surface area contributed by atoms with Crippen molar-refractivity contribution in [2.45, 2.75) is 193 Å². The van der Waals surface area contributed by atoms with Gasteiger partial charge in [-0.25, -0.2) is 0 Å². The van der Waals surface area contributed by atoms with Crippen LogP contribution in [-0.4, -0.2) is 52.2 Å². The number of nitrogens with zero attached hydrogens (tertiary/aromatic N) is 3. The summed E-state index contributed by atoms with van der Waals surface area (Å²) in [5, 5.41) is 41.3. The third kappa shape index (κ3) is 14.3. The molecule has 0 aromatic heterocycles. The highest BCUT2D eigenvalue weighted by atomic mass is 16.4. The maximum Gasteiger partial charge on any atom is 0.305 e. The van der Waals surface area contributed by atoms with Gasteiger partial charge in [0.05, 0.1) is 30.5 Å². The minimum absolute atomic E-state index is 0.0513. The summed E-state index contributed by atoms with van der Waals surface area (Å²) in [6.45, 7) is 10.8. The fraction of sp³-hybridized carbons (Fsp3) is 0.593. The topological polar surface area (TPSA) is 142 Å². The van der Waals surface area contributed by atoms with Crippen molar-refractivity contribution in [2.75, 3.05) is 22.9 Å². The molecule has 2 aromatic rings. The molecule has 0 aliphatic carbocycles. The molecule has 0 bridgehead atoms. The summed E-state index contributed by atoms with van der Waals surface area (Å²) < 4.78 is 0. The number of ketones is 1. The van der Waals surface area contributed by atoms with E-state index >= 15 is 0 Å². The third-order valence-electron chi connectivity index (χ3n) is 13.4. The second-order valence-electron chi connectivity index (χ2n) is 18.8. The van der Waals surface area contributed by atoms with Gasteiger partial charge in [-0.2, -0.15) is 5.26 Å². The maximum absolute atomic E-state index is 12.1. The van der Waals surface area contributed by atoms with E-state index in [-0.39, 0.29) is 43.5 Å². The van der Waals surface area contributed by atoms with Crippen molar-refractivity contribution < 1.29 is 29.7 Å². The molecule has 2 atom stereocenters. The van der Waals surface area contributed by atoms with Crippen LogP contribution in [0.5, 0.6) is 5.75 Å². The molecule has 2 unspecified atom stereocenters. The molecule has 2 aliphatic rings. The number of benzene rings is 2. The van der Waals surface area contributed by atoms with Gasteiger partial charge in [-0.1, -0.05) is 155 Å². The summed E-state index contributed by atoms with van der Waals surface area (Å²) in [6, 6.07) is 13.6. The number of fused-ring (bicyclic) bond motifs is 2. The van der Waals surface area contributed by atoms with Crippen molar-refractivity contribution in [3.8, 4) is 11.8 Å². The number of unbranched alkanes of at least 4 members (excludes halogenated alkanes) is 15. The van der Waals surface area contributed by atoms with Gasteiger partial charge >= 0.3 is 11.9 Å². The molecular weight excluding hydrogens is 787 g/mol. The summed E-state index contributed by atoms with van der Waals surface area (Å²) in [7, 11) is 0. The van der Waals surface area contributed by atoms with Crippen LogP contribution in [0.2, 0.25) is 0 Å². The number of carbonyl (C=O) groups is 3. The molecule has 0 spiro atoms. The van der Waals surface area contributed by atoms with Crippen molar-refractivity contribution in [1.82, 2.24) is 0 Å². The second kappa shape index (κ2) is 25.5. The number of carboxylic acids is 2. The number of phenolic OH excluding ortho intramolecular Hbond substituents is 1. The molecule has 9 nitrogen and oxygen atoms in total. The van der Waals surface area contributed by atoms with E-state index in [2.05, 4.69) is 49.6 Å². The van der Waals surface area contributed by atoms with Crippen LogP contribution in [0, 0.1) is 11.3 Å². The molecule has 2 aromatic carbocycles. The number of phenols is 1. The zero-order valence-corrected chi connectivity index (χ0v) is 39.2. The highest BCUT2D eigenvalue weighted by molar-refractivity contribution is 5.79. The predicted octanol–water partition coefficient (Wildman–Crippen LogP) is 13.0. The quantitative estimate of drug-likeness (QED) is 0.0397. The number of hydrogen-bond acceptors (Lipinski definition) is 7. The van der Waals surface area contributed by atoms with E-state index in [0.717, 1.165) is 72.3 Å². The van der Waals surface area contributed by atoms with Crippen LogP contribution >= 0.6 is 0 Å². The highest BCUT2D eigenvalue weighted by Crippen LogP contribution is 2.55. The van der Waals surface area contributed by atoms with Gasteiger partial charge in [-0.3, -0.25) is 14.4 Å². The summed E-state index contributed by atoms with van der Waals surface area (Å²) in [6.07, 6.45) is 30.0. The Kier molecular flexibility index (Phi) is 20.5. The molecule has 0 fully saturated rings. The lowest BCUT2D eigenvalue weighted by Crippen LogP contribution is -2.41. The van der Waals surface area contributed by atoms with Crippen LogP contribution in [-0.2, 0) is 31.6 Å². The highest BCUT2D eigenvalue weighted by Gasteiger charge is 2.47. The fourth-order valence-electron chi connectivity index (χ4n) is 10.1. The monoisotopic (exact) mass is 864 g/mol. The Balaban J connectivity index is 1.74. The molecule has 4 rings (SSSR count). The molecule has 0 amide bonds. The van der Waals surface area contributed by atoms with Gasteiger partial charge in [0.2, 0.25) is 0 Å². The zero-order valence-electron chi connectivity index (χ0n) is 39.2. The Hall–Kier alpha value is -4.84. The summed E-state index contributed by atoms with van der Waals surface area (Å²) in [5.74, 6) is -1.51. The van der Waals surface area contributed by atoms with Crippen LogP contribution < -0.4 is 9.80 Å². The fourth-order valence-corrected chi connectivity index (χ4v) is 10.1. The van der Waals surface area contributed by atoms with E-state index in [1.807, 2.05) is 48.6 Å². The lowest BCUT2D eigenvalue weighted by atomic mass is 9.71. The maximum atomic E-state index is 12.1. The third-order valence-corrected chi connectivity index (χ3v) is 13.4. The van der Waals surface area contributed by atoms with Crippen molar-refractivity contribution in [2.24, 2.45) is 0 Å². The average Bonchev–Trinajstić information content (AvgIpc) is 3.61. The first-order valence-corrected chi connectivity index (χ1v) is 24.2. The first-order chi connectivity index (χ1) is 30.3. The molecule has 2 aliphatic heterocycles. The Morgan fingerprint density at radius 3 is 1.81 bits per heavy atom. The number of aliphatic carboxylic acids is 2. The molecule has 0 saturated heterocycles. The minimum atomic E-state index is -0.891. The number of Topliss-reactive ketones (excluding diaryl/α,β-unsaturated/α-hetero) is 1. The van der Waals surface area contributed by atoms with Crippen molar-refractivity contribution in [3.63, 3.8) is 0 Å². The molecule has 2 heterocycles. The molecule has 0 saturated carbocycles. The van der Waals surface area contributed by atoms with Crippen LogP contribution in [0.25, 0.3) is 0 Å². The molecule has 344 valence electrons. The van der Waals surface area contributed by atoms with Crippen molar-refractivity contribution in [1.29, 1.82) is 5.26 Å². The minimum Gasteiger partial charge on any atom is -0.508 e. The second-order valence-corrected chi connectivity index (χ2v) is 18.8. The number of hydrogen-bond donors (Lipinski definition) is 3. The standard InChI is InChI=1S/C54H77N3O6/c1-6-8-10-12-14-16-18-20-22-34-54(33-21-19-17-15-13-11-9-7-2)46-39-44(59)26-28-48(46)57(36-32-52(62)63)50(54)30-25-42(40-55)24-29-49-53(4,5)45-38-43(37-41(3)58)23-27-47(45)56(49)35-31-51(60)61/h23-30,38-39,49,59H,6-22,31-37H2,1-5H3,(H,60,61)(H,62,63)/b29-24+,42-25-,50-30+. The smallest absolute Gasteiger partial charge is 0.305 e. The van der Waals surface area contributed by atoms with Crippen LogP contribution in [0.1, 0.15) is 186 Å². The Morgan fingerprint density at radius 1 is 0.730 bits per heavy atom. The van der Waals surface area contributed by atoms with E-state index in [0.29, 0.717) is 12.0 Å². The van der Waals surface area contributed by atoms with Gasteiger partial charge in [0, 0.05) is 47.4 Å². The van der Waals surface area contributed by atoms with Crippen LogP contribution in [0.4, 0.5) is 11.4 Å². The Labute approximate surface area is 379 Å². The molecule has 3 N–H and O–H groups in total. The number of nitriles is 1. The first kappa shape index (κ1) is 50.8. The van der Waals surface area contributed by atoms with E-state index in [1.165, 1.54) is 83.5 Å². The van der Waals surface area contributed by atoms with Gasteiger partial charge in [0.15, 0.2) is 0 Å². The van der Waals surface area contributed by atoms with Gasteiger partial charge in [-0.15, -0.1) is 0 Å².